The number of anilines is 1. The minimum absolute atomic E-state index is 0.0536. The molecule has 1 aliphatic rings. The van der Waals surface area contributed by atoms with Crippen LogP contribution in [0.15, 0.2) is 18.2 Å². The smallest absolute Gasteiger partial charge is 0.307 e. The molecule has 0 aromatic heterocycles. The number of rotatable bonds is 7. The SMILES string of the molecule is CCCOC(=O)CC1C(=O)NCCN1CC(=O)Nc1cccc(Cl)c1Cl. The van der Waals surface area contributed by atoms with Gasteiger partial charge in [0.2, 0.25) is 11.8 Å². The van der Waals surface area contributed by atoms with Crippen LogP contribution in [0.2, 0.25) is 10.0 Å². The molecule has 0 aliphatic carbocycles. The molecule has 2 amide bonds. The Bertz CT molecular complexity index is 684. The van der Waals surface area contributed by atoms with E-state index in [2.05, 4.69) is 10.6 Å². The molecule has 1 atom stereocenters. The molecule has 0 spiro atoms. The Labute approximate surface area is 162 Å². The molecule has 26 heavy (non-hydrogen) atoms. The molecule has 0 saturated carbocycles. The van der Waals surface area contributed by atoms with Crippen molar-refractivity contribution in [3.8, 4) is 0 Å². The predicted octanol–water partition coefficient (Wildman–Crippen LogP) is 2.08. The van der Waals surface area contributed by atoms with Crippen LogP contribution >= 0.6 is 23.2 Å². The van der Waals surface area contributed by atoms with E-state index < -0.39 is 12.0 Å². The van der Waals surface area contributed by atoms with Gasteiger partial charge in [-0.15, -0.1) is 0 Å². The molecule has 0 bridgehead atoms. The van der Waals surface area contributed by atoms with Crippen molar-refractivity contribution in [1.82, 2.24) is 10.2 Å². The zero-order valence-electron chi connectivity index (χ0n) is 14.4. The molecule has 1 saturated heterocycles. The summed E-state index contributed by atoms with van der Waals surface area (Å²) in [4.78, 5) is 38.0. The van der Waals surface area contributed by atoms with Crippen LogP contribution < -0.4 is 10.6 Å². The van der Waals surface area contributed by atoms with E-state index in [9.17, 15) is 14.4 Å². The van der Waals surface area contributed by atoms with Crippen molar-refractivity contribution in [1.29, 1.82) is 0 Å². The maximum absolute atomic E-state index is 12.4. The van der Waals surface area contributed by atoms with Crippen LogP contribution in [0.1, 0.15) is 19.8 Å². The van der Waals surface area contributed by atoms with Gasteiger partial charge in [0.15, 0.2) is 0 Å². The number of hydrogen-bond donors (Lipinski definition) is 2. The first-order valence-corrected chi connectivity index (χ1v) is 9.09. The van der Waals surface area contributed by atoms with Gasteiger partial charge in [0, 0.05) is 13.1 Å². The van der Waals surface area contributed by atoms with Crippen molar-refractivity contribution < 1.29 is 19.1 Å². The summed E-state index contributed by atoms with van der Waals surface area (Å²) in [6.45, 7) is 3.00. The number of nitrogens with zero attached hydrogens (tertiary/aromatic N) is 1. The fourth-order valence-electron chi connectivity index (χ4n) is 2.58. The highest BCUT2D eigenvalue weighted by atomic mass is 35.5. The van der Waals surface area contributed by atoms with Crippen molar-refractivity contribution in [2.24, 2.45) is 0 Å². The molecule has 1 heterocycles. The molecule has 0 radical (unpaired) electrons. The summed E-state index contributed by atoms with van der Waals surface area (Å²) in [5.74, 6) is -1.11. The molecular formula is C17H21Cl2N3O4. The first-order chi connectivity index (χ1) is 12.4. The van der Waals surface area contributed by atoms with Gasteiger partial charge in [-0.2, -0.15) is 0 Å². The normalized spacial score (nSPS) is 17.5. The molecule has 1 unspecified atom stereocenters. The van der Waals surface area contributed by atoms with Gasteiger partial charge in [-0.3, -0.25) is 19.3 Å². The Morgan fingerprint density at radius 1 is 1.38 bits per heavy atom. The molecular weight excluding hydrogens is 381 g/mol. The second kappa shape index (κ2) is 9.75. The van der Waals surface area contributed by atoms with Crippen LogP contribution in [0.25, 0.3) is 0 Å². The number of esters is 1. The van der Waals surface area contributed by atoms with E-state index in [4.69, 9.17) is 27.9 Å². The Morgan fingerprint density at radius 3 is 2.88 bits per heavy atom. The van der Waals surface area contributed by atoms with Crippen LogP contribution in [-0.2, 0) is 19.1 Å². The Morgan fingerprint density at radius 2 is 2.15 bits per heavy atom. The lowest BCUT2D eigenvalue weighted by molar-refractivity contribution is -0.148. The number of piperazine rings is 1. The molecule has 1 fully saturated rings. The highest BCUT2D eigenvalue weighted by Gasteiger charge is 2.33. The maximum Gasteiger partial charge on any atom is 0.307 e. The van der Waals surface area contributed by atoms with Gasteiger partial charge in [-0.25, -0.2) is 0 Å². The third kappa shape index (κ3) is 5.59. The predicted molar refractivity (Wildman–Crippen MR) is 99.3 cm³/mol. The summed E-state index contributed by atoms with van der Waals surface area (Å²) in [6.07, 6.45) is 0.603. The number of hydrogen-bond acceptors (Lipinski definition) is 5. The van der Waals surface area contributed by atoms with Crippen LogP contribution in [0, 0.1) is 0 Å². The number of nitrogens with one attached hydrogen (secondary N) is 2. The summed E-state index contributed by atoms with van der Waals surface area (Å²) >= 11 is 12.0. The van der Waals surface area contributed by atoms with Gasteiger partial charge < -0.3 is 15.4 Å². The van der Waals surface area contributed by atoms with E-state index in [1.807, 2.05) is 6.92 Å². The molecule has 142 valence electrons. The zero-order valence-corrected chi connectivity index (χ0v) is 15.9. The van der Waals surface area contributed by atoms with Gasteiger partial charge in [-0.1, -0.05) is 36.2 Å². The number of amides is 2. The first-order valence-electron chi connectivity index (χ1n) is 8.33. The number of carbonyl (C=O) groups excluding carboxylic acids is 3. The molecule has 1 aliphatic heterocycles. The number of carbonyl (C=O) groups is 3. The lowest BCUT2D eigenvalue weighted by Gasteiger charge is -2.33. The largest absolute Gasteiger partial charge is 0.466 e. The van der Waals surface area contributed by atoms with Crippen molar-refractivity contribution in [3.05, 3.63) is 28.2 Å². The number of halogens is 2. The van der Waals surface area contributed by atoms with Gasteiger partial charge in [-0.05, 0) is 18.6 Å². The van der Waals surface area contributed by atoms with E-state index in [1.165, 1.54) is 0 Å². The molecule has 1 aromatic carbocycles. The third-order valence-corrected chi connectivity index (χ3v) is 4.66. The minimum Gasteiger partial charge on any atom is -0.466 e. The van der Waals surface area contributed by atoms with Crippen LogP contribution in [-0.4, -0.2) is 55.0 Å². The summed E-state index contributed by atoms with van der Waals surface area (Å²) in [5.41, 5.74) is 0.393. The van der Waals surface area contributed by atoms with E-state index in [0.717, 1.165) is 0 Å². The molecule has 7 nitrogen and oxygen atoms in total. The van der Waals surface area contributed by atoms with E-state index in [-0.39, 0.29) is 29.8 Å². The summed E-state index contributed by atoms with van der Waals surface area (Å²) in [6, 6.07) is 4.18. The second-order valence-electron chi connectivity index (χ2n) is 5.85. The topological polar surface area (TPSA) is 87.7 Å². The second-order valence-corrected chi connectivity index (χ2v) is 6.64. The summed E-state index contributed by atoms with van der Waals surface area (Å²) < 4.78 is 5.04. The molecule has 2 rings (SSSR count). The van der Waals surface area contributed by atoms with Crippen molar-refractivity contribution in [2.45, 2.75) is 25.8 Å². The van der Waals surface area contributed by atoms with Gasteiger partial charge in [0.1, 0.15) is 6.04 Å². The van der Waals surface area contributed by atoms with Crippen molar-refractivity contribution in [2.75, 3.05) is 31.6 Å². The highest BCUT2D eigenvalue weighted by molar-refractivity contribution is 6.44. The van der Waals surface area contributed by atoms with Crippen molar-refractivity contribution in [3.63, 3.8) is 0 Å². The zero-order chi connectivity index (χ0) is 19.1. The molecule has 1 aromatic rings. The average Bonchev–Trinajstić information content (AvgIpc) is 2.60. The van der Waals surface area contributed by atoms with E-state index in [1.54, 1.807) is 23.1 Å². The fourth-order valence-corrected chi connectivity index (χ4v) is 2.93. The number of ether oxygens (including phenoxy) is 1. The first kappa shape index (κ1) is 20.5. The summed E-state index contributed by atoms with van der Waals surface area (Å²) in [5, 5.41) is 5.96. The Kier molecular flexibility index (Phi) is 7.68. The van der Waals surface area contributed by atoms with Gasteiger partial charge >= 0.3 is 5.97 Å². The van der Waals surface area contributed by atoms with Gasteiger partial charge in [0.05, 0.1) is 35.3 Å². The Hall–Kier alpha value is -1.83. The van der Waals surface area contributed by atoms with E-state index >= 15 is 0 Å². The van der Waals surface area contributed by atoms with Crippen LogP contribution in [0.5, 0.6) is 0 Å². The standard InChI is InChI=1S/C17H21Cl2N3O4/c1-2-8-26-15(24)9-13-17(25)20-6-7-22(13)10-14(23)21-12-5-3-4-11(18)16(12)19/h3-5,13H,2,6-10H2,1H3,(H,20,25)(H,21,23). The molecule has 9 heteroatoms. The monoisotopic (exact) mass is 401 g/mol. The maximum atomic E-state index is 12.4. The quantitative estimate of drug-likeness (QED) is 0.682. The highest BCUT2D eigenvalue weighted by Crippen LogP contribution is 2.29. The van der Waals surface area contributed by atoms with Crippen LogP contribution in [0.3, 0.4) is 0 Å². The lowest BCUT2D eigenvalue weighted by Crippen LogP contribution is -2.57. The van der Waals surface area contributed by atoms with Gasteiger partial charge in [0.25, 0.3) is 0 Å². The fraction of sp³-hybridized carbons (Fsp3) is 0.471. The summed E-state index contributed by atoms with van der Waals surface area (Å²) in [7, 11) is 0. The van der Waals surface area contributed by atoms with E-state index in [0.29, 0.717) is 36.8 Å². The molecule has 2 N–H and O–H groups in total. The average molecular weight is 402 g/mol. The third-order valence-electron chi connectivity index (χ3n) is 3.84. The number of benzene rings is 1. The van der Waals surface area contributed by atoms with Crippen molar-refractivity contribution >= 4 is 46.7 Å². The minimum atomic E-state index is -0.742. The Balaban J connectivity index is 2.00. The van der Waals surface area contributed by atoms with Crippen LogP contribution in [0.4, 0.5) is 5.69 Å². The lowest BCUT2D eigenvalue weighted by atomic mass is 10.1.